The van der Waals surface area contributed by atoms with Gasteiger partial charge in [-0.15, -0.1) is 0 Å². The van der Waals surface area contributed by atoms with Gasteiger partial charge < -0.3 is 5.32 Å². The van der Waals surface area contributed by atoms with Gasteiger partial charge in [0.15, 0.2) is 0 Å². The van der Waals surface area contributed by atoms with E-state index in [1.807, 2.05) is 12.1 Å². The van der Waals surface area contributed by atoms with Crippen molar-refractivity contribution in [2.45, 2.75) is 0 Å². The molecule has 18 heavy (non-hydrogen) atoms. The van der Waals surface area contributed by atoms with Gasteiger partial charge in [-0.2, -0.15) is 0 Å². The first-order valence-corrected chi connectivity index (χ1v) is 7.04. The number of halogens is 3. The number of amides is 1. The molecule has 0 aliphatic carbocycles. The Labute approximate surface area is 127 Å². The summed E-state index contributed by atoms with van der Waals surface area (Å²) in [5.74, 6) is -0.167. The lowest BCUT2D eigenvalue weighted by atomic mass is 10.2. The average molecular weight is 389 g/mol. The molecule has 0 bridgehead atoms. The maximum atomic E-state index is 12.0. The van der Waals surface area contributed by atoms with Gasteiger partial charge in [0.05, 0.1) is 5.69 Å². The monoisotopic (exact) mass is 387 g/mol. The average Bonchev–Trinajstić information content (AvgIpc) is 2.32. The summed E-state index contributed by atoms with van der Waals surface area (Å²) in [4.78, 5) is 12.0. The van der Waals surface area contributed by atoms with Crippen LogP contribution in [0.15, 0.2) is 51.4 Å². The Morgan fingerprint density at radius 3 is 2.56 bits per heavy atom. The van der Waals surface area contributed by atoms with E-state index in [9.17, 15) is 4.79 Å². The van der Waals surface area contributed by atoms with E-state index in [2.05, 4.69) is 37.2 Å². The first-order chi connectivity index (χ1) is 8.56. The van der Waals surface area contributed by atoms with Crippen LogP contribution in [-0.4, -0.2) is 5.91 Å². The van der Waals surface area contributed by atoms with Gasteiger partial charge in [0, 0.05) is 19.5 Å². The molecular formula is C13H8Br2ClNO. The molecule has 5 heteroatoms. The Morgan fingerprint density at radius 2 is 1.89 bits per heavy atom. The maximum absolute atomic E-state index is 12.0. The zero-order chi connectivity index (χ0) is 13.1. The molecule has 2 rings (SSSR count). The summed E-state index contributed by atoms with van der Waals surface area (Å²) in [5.41, 5.74) is 1.27. The van der Waals surface area contributed by atoms with Gasteiger partial charge in [0.1, 0.15) is 0 Å². The Morgan fingerprint density at radius 1 is 1.11 bits per heavy atom. The van der Waals surface area contributed by atoms with Crippen molar-refractivity contribution >= 4 is 55.1 Å². The van der Waals surface area contributed by atoms with Crippen LogP contribution in [0, 0.1) is 0 Å². The molecule has 2 nitrogen and oxygen atoms in total. The lowest BCUT2D eigenvalue weighted by Crippen LogP contribution is -2.12. The molecule has 0 atom stereocenters. The van der Waals surface area contributed by atoms with Crippen molar-refractivity contribution < 1.29 is 4.79 Å². The highest BCUT2D eigenvalue weighted by atomic mass is 79.9. The summed E-state index contributed by atoms with van der Waals surface area (Å²) in [6.45, 7) is 0. The van der Waals surface area contributed by atoms with E-state index < -0.39 is 0 Å². The number of benzene rings is 2. The molecule has 0 aliphatic heterocycles. The van der Waals surface area contributed by atoms with Crippen molar-refractivity contribution in [1.29, 1.82) is 0 Å². The minimum Gasteiger partial charge on any atom is -0.321 e. The fraction of sp³-hybridized carbons (Fsp3) is 0. The van der Waals surface area contributed by atoms with Crippen molar-refractivity contribution in [2.24, 2.45) is 0 Å². The lowest BCUT2D eigenvalue weighted by molar-refractivity contribution is 0.102. The highest BCUT2D eigenvalue weighted by Crippen LogP contribution is 2.26. The molecule has 2 aromatic carbocycles. The molecule has 0 radical (unpaired) electrons. The topological polar surface area (TPSA) is 29.1 Å². The van der Waals surface area contributed by atoms with E-state index in [1.165, 1.54) is 0 Å². The van der Waals surface area contributed by atoms with Crippen LogP contribution in [0.4, 0.5) is 5.69 Å². The summed E-state index contributed by atoms with van der Waals surface area (Å²) in [6.07, 6.45) is 0. The standard InChI is InChI=1S/C13H8Br2ClNO/c14-9-3-1-2-8(6-9)13(18)17-12-5-4-10(16)7-11(12)15/h1-7H,(H,17,18). The molecular weight excluding hydrogens is 381 g/mol. The summed E-state index contributed by atoms with van der Waals surface area (Å²) < 4.78 is 1.61. The third kappa shape index (κ3) is 3.34. The van der Waals surface area contributed by atoms with Crippen LogP contribution in [0.1, 0.15) is 10.4 Å². The first kappa shape index (κ1) is 13.6. The van der Waals surface area contributed by atoms with Gasteiger partial charge in [-0.3, -0.25) is 4.79 Å². The Hall–Kier alpha value is -0.840. The second-order valence-electron chi connectivity index (χ2n) is 3.59. The molecule has 1 amide bonds. The fourth-order valence-electron chi connectivity index (χ4n) is 1.42. The van der Waals surface area contributed by atoms with Crippen LogP contribution >= 0.6 is 43.5 Å². The van der Waals surface area contributed by atoms with Crippen LogP contribution < -0.4 is 5.32 Å². The quantitative estimate of drug-likeness (QED) is 0.759. The number of hydrogen-bond donors (Lipinski definition) is 1. The van der Waals surface area contributed by atoms with E-state index in [0.717, 1.165) is 8.95 Å². The number of anilines is 1. The minimum absolute atomic E-state index is 0.167. The highest BCUT2D eigenvalue weighted by Gasteiger charge is 2.08. The number of carbonyl (C=O) groups excluding carboxylic acids is 1. The molecule has 0 fully saturated rings. The summed E-state index contributed by atoms with van der Waals surface area (Å²) in [5, 5.41) is 3.43. The molecule has 1 N–H and O–H groups in total. The molecule has 0 heterocycles. The molecule has 0 saturated carbocycles. The van der Waals surface area contributed by atoms with Gasteiger partial charge in [-0.05, 0) is 52.3 Å². The van der Waals surface area contributed by atoms with Crippen molar-refractivity contribution in [3.63, 3.8) is 0 Å². The van der Waals surface area contributed by atoms with Crippen LogP contribution in [0.2, 0.25) is 5.02 Å². The number of nitrogens with one attached hydrogen (secondary N) is 1. The summed E-state index contributed by atoms with van der Waals surface area (Å²) >= 11 is 12.5. The zero-order valence-electron chi connectivity index (χ0n) is 9.08. The second-order valence-corrected chi connectivity index (χ2v) is 5.80. The minimum atomic E-state index is -0.167. The van der Waals surface area contributed by atoms with Crippen molar-refractivity contribution in [1.82, 2.24) is 0 Å². The van der Waals surface area contributed by atoms with E-state index >= 15 is 0 Å². The maximum Gasteiger partial charge on any atom is 0.255 e. The van der Waals surface area contributed by atoms with E-state index in [4.69, 9.17) is 11.6 Å². The Bertz CT molecular complexity index is 601. The first-order valence-electron chi connectivity index (χ1n) is 5.08. The van der Waals surface area contributed by atoms with Gasteiger partial charge in [0.25, 0.3) is 5.91 Å². The van der Waals surface area contributed by atoms with Crippen molar-refractivity contribution in [2.75, 3.05) is 5.32 Å². The molecule has 0 aliphatic rings. The Kier molecular flexibility index (Phi) is 4.43. The molecule has 0 saturated heterocycles. The van der Waals surface area contributed by atoms with Crippen molar-refractivity contribution in [3.05, 3.63) is 62.0 Å². The zero-order valence-corrected chi connectivity index (χ0v) is 13.0. The predicted molar refractivity (Wildman–Crippen MR) is 81.2 cm³/mol. The third-order valence-corrected chi connectivity index (χ3v) is 3.65. The summed E-state index contributed by atoms with van der Waals surface area (Å²) in [7, 11) is 0. The number of carbonyl (C=O) groups is 1. The molecule has 0 aromatic heterocycles. The van der Waals surface area contributed by atoms with E-state index in [1.54, 1.807) is 30.3 Å². The number of hydrogen-bond acceptors (Lipinski definition) is 1. The lowest BCUT2D eigenvalue weighted by Gasteiger charge is -2.08. The van der Waals surface area contributed by atoms with Gasteiger partial charge in [-0.1, -0.05) is 33.6 Å². The molecule has 0 spiro atoms. The van der Waals surface area contributed by atoms with Gasteiger partial charge in [0.2, 0.25) is 0 Å². The molecule has 2 aromatic rings. The van der Waals surface area contributed by atoms with Crippen LogP contribution in [0.3, 0.4) is 0 Å². The Balaban J connectivity index is 2.21. The fourth-order valence-corrected chi connectivity index (χ4v) is 2.60. The van der Waals surface area contributed by atoms with Crippen LogP contribution in [0.5, 0.6) is 0 Å². The predicted octanol–water partition coefficient (Wildman–Crippen LogP) is 5.12. The SMILES string of the molecule is O=C(Nc1ccc(Cl)cc1Br)c1cccc(Br)c1. The second kappa shape index (κ2) is 5.87. The largest absolute Gasteiger partial charge is 0.321 e. The smallest absolute Gasteiger partial charge is 0.255 e. The summed E-state index contributed by atoms with van der Waals surface area (Å²) in [6, 6.07) is 12.4. The van der Waals surface area contributed by atoms with Gasteiger partial charge >= 0.3 is 0 Å². The third-order valence-electron chi connectivity index (χ3n) is 2.27. The molecule has 92 valence electrons. The van der Waals surface area contributed by atoms with Crippen molar-refractivity contribution in [3.8, 4) is 0 Å². The molecule has 0 unspecified atom stereocenters. The van der Waals surface area contributed by atoms with Crippen LogP contribution in [0.25, 0.3) is 0 Å². The highest BCUT2D eigenvalue weighted by molar-refractivity contribution is 9.10. The normalized spacial score (nSPS) is 10.2. The van der Waals surface area contributed by atoms with Gasteiger partial charge in [-0.25, -0.2) is 0 Å². The number of rotatable bonds is 2. The van der Waals surface area contributed by atoms with E-state index in [-0.39, 0.29) is 5.91 Å². The van der Waals surface area contributed by atoms with Crippen LogP contribution in [-0.2, 0) is 0 Å². The van der Waals surface area contributed by atoms with E-state index in [0.29, 0.717) is 16.3 Å².